The predicted octanol–water partition coefficient (Wildman–Crippen LogP) is 4.22. The fourth-order valence-corrected chi connectivity index (χ4v) is 2.63. The Hall–Kier alpha value is -0.450. The minimum atomic E-state index is -0.216. The molecule has 0 spiro atoms. The smallest absolute Gasteiger partial charge is 0.137 e. The maximum atomic E-state index is 13.3. The van der Waals surface area contributed by atoms with Crippen LogP contribution in [0, 0.1) is 11.7 Å². The number of hydrogen-bond acceptors (Lipinski definition) is 2. The molecule has 0 heterocycles. The Morgan fingerprint density at radius 3 is 2.40 bits per heavy atom. The van der Waals surface area contributed by atoms with Crippen molar-refractivity contribution in [2.24, 2.45) is 5.92 Å². The number of likely N-dealkylation sites (N-methyl/N-ethyl adjacent to an activating group) is 1. The number of rotatable bonds is 7. The van der Waals surface area contributed by atoms with Gasteiger partial charge in [0.2, 0.25) is 0 Å². The van der Waals surface area contributed by atoms with Crippen LogP contribution in [-0.2, 0) is 0 Å². The number of nitrogens with zero attached hydrogens (tertiary/aromatic N) is 1. The minimum Gasteiger partial charge on any atom is -0.309 e. The largest absolute Gasteiger partial charge is 0.309 e. The first kappa shape index (κ1) is 17.6. The van der Waals surface area contributed by atoms with Gasteiger partial charge in [-0.25, -0.2) is 4.39 Å². The molecule has 1 N–H and O–H groups in total. The summed E-state index contributed by atoms with van der Waals surface area (Å²) in [5.41, 5.74) is 1.10. The predicted molar refractivity (Wildman–Crippen MR) is 87.4 cm³/mol. The van der Waals surface area contributed by atoms with E-state index in [4.69, 9.17) is 0 Å². The molecular formula is C16H26BrFN2. The second kappa shape index (κ2) is 8.11. The zero-order valence-electron chi connectivity index (χ0n) is 13.1. The van der Waals surface area contributed by atoms with Gasteiger partial charge in [-0.15, -0.1) is 0 Å². The van der Waals surface area contributed by atoms with Crippen LogP contribution in [0.4, 0.5) is 4.39 Å². The SMILES string of the molecule is CC(C)CC(CNC(C)c1ccc(F)c(Br)c1)N(C)C. The third kappa shape index (κ3) is 5.51. The Morgan fingerprint density at radius 1 is 1.25 bits per heavy atom. The molecule has 114 valence electrons. The van der Waals surface area contributed by atoms with Crippen LogP contribution in [0.3, 0.4) is 0 Å². The molecule has 2 unspecified atom stereocenters. The Balaban J connectivity index is 2.60. The number of halogens is 2. The van der Waals surface area contributed by atoms with E-state index in [2.05, 4.69) is 61.0 Å². The lowest BCUT2D eigenvalue weighted by molar-refractivity contribution is 0.242. The van der Waals surface area contributed by atoms with Crippen molar-refractivity contribution in [3.05, 3.63) is 34.1 Å². The summed E-state index contributed by atoms with van der Waals surface area (Å²) in [5.74, 6) is 0.464. The topological polar surface area (TPSA) is 15.3 Å². The highest BCUT2D eigenvalue weighted by atomic mass is 79.9. The van der Waals surface area contributed by atoms with Crippen molar-refractivity contribution in [1.29, 1.82) is 0 Å². The molecule has 0 aliphatic rings. The van der Waals surface area contributed by atoms with Gasteiger partial charge in [-0.1, -0.05) is 19.9 Å². The Bertz CT molecular complexity index is 421. The van der Waals surface area contributed by atoms with Crippen molar-refractivity contribution in [3.63, 3.8) is 0 Å². The summed E-state index contributed by atoms with van der Waals surface area (Å²) in [6, 6.07) is 5.92. The van der Waals surface area contributed by atoms with Gasteiger partial charge in [-0.3, -0.25) is 0 Å². The highest BCUT2D eigenvalue weighted by Crippen LogP contribution is 2.21. The van der Waals surface area contributed by atoms with Crippen molar-refractivity contribution in [2.75, 3.05) is 20.6 Å². The highest BCUT2D eigenvalue weighted by molar-refractivity contribution is 9.10. The van der Waals surface area contributed by atoms with E-state index < -0.39 is 0 Å². The Labute approximate surface area is 130 Å². The lowest BCUT2D eigenvalue weighted by Crippen LogP contribution is -2.39. The van der Waals surface area contributed by atoms with E-state index in [1.165, 1.54) is 12.5 Å². The van der Waals surface area contributed by atoms with E-state index in [0.717, 1.165) is 12.1 Å². The summed E-state index contributed by atoms with van der Waals surface area (Å²) in [6.07, 6.45) is 1.17. The van der Waals surface area contributed by atoms with Gasteiger partial charge in [0.05, 0.1) is 4.47 Å². The summed E-state index contributed by atoms with van der Waals surface area (Å²) in [5, 5.41) is 3.55. The van der Waals surface area contributed by atoms with Gasteiger partial charge >= 0.3 is 0 Å². The first-order chi connectivity index (χ1) is 9.31. The average molecular weight is 345 g/mol. The van der Waals surface area contributed by atoms with E-state index in [-0.39, 0.29) is 11.9 Å². The molecule has 0 aromatic heterocycles. The molecule has 0 aliphatic carbocycles. The number of benzene rings is 1. The normalized spacial score (nSPS) is 14.8. The zero-order valence-corrected chi connectivity index (χ0v) is 14.7. The molecule has 0 bridgehead atoms. The van der Waals surface area contributed by atoms with Crippen molar-refractivity contribution in [1.82, 2.24) is 10.2 Å². The monoisotopic (exact) mass is 344 g/mol. The van der Waals surface area contributed by atoms with Gasteiger partial charge < -0.3 is 10.2 Å². The molecular weight excluding hydrogens is 319 g/mol. The van der Waals surface area contributed by atoms with Crippen molar-refractivity contribution in [3.8, 4) is 0 Å². The molecule has 20 heavy (non-hydrogen) atoms. The van der Waals surface area contributed by atoms with Crippen LogP contribution < -0.4 is 5.32 Å². The first-order valence-electron chi connectivity index (χ1n) is 7.16. The van der Waals surface area contributed by atoms with Crippen LogP contribution in [0.2, 0.25) is 0 Å². The average Bonchev–Trinajstić information content (AvgIpc) is 2.36. The van der Waals surface area contributed by atoms with Crippen LogP contribution in [0.5, 0.6) is 0 Å². The lowest BCUT2D eigenvalue weighted by atomic mass is 10.0. The molecule has 0 saturated heterocycles. The van der Waals surface area contributed by atoms with Crippen molar-refractivity contribution in [2.45, 2.75) is 39.3 Å². The molecule has 0 amide bonds. The maximum Gasteiger partial charge on any atom is 0.137 e. The van der Waals surface area contributed by atoms with Crippen LogP contribution in [0.1, 0.15) is 38.8 Å². The van der Waals surface area contributed by atoms with Crippen LogP contribution >= 0.6 is 15.9 Å². The molecule has 2 nitrogen and oxygen atoms in total. The van der Waals surface area contributed by atoms with E-state index in [0.29, 0.717) is 16.4 Å². The van der Waals surface area contributed by atoms with E-state index in [1.807, 2.05) is 12.1 Å². The fourth-order valence-electron chi connectivity index (χ4n) is 2.23. The summed E-state index contributed by atoms with van der Waals surface area (Å²) >= 11 is 3.24. The third-order valence-electron chi connectivity index (χ3n) is 3.58. The van der Waals surface area contributed by atoms with Gasteiger partial charge in [-0.2, -0.15) is 0 Å². The van der Waals surface area contributed by atoms with Crippen molar-refractivity contribution < 1.29 is 4.39 Å². The van der Waals surface area contributed by atoms with Gasteiger partial charge in [0.1, 0.15) is 5.82 Å². The lowest BCUT2D eigenvalue weighted by Gasteiger charge is -2.28. The Kier molecular flexibility index (Phi) is 7.13. The maximum absolute atomic E-state index is 13.3. The molecule has 1 rings (SSSR count). The van der Waals surface area contributed by atoms with Crippen molar-refractivity contribution >= 4 is 15.9 Å². The Morgan fingerprint density at radius 2 is 1.90 bits per heavy atom. The molecule has 0 radical (unpaired) electrons. The first-order valence-corrected chi connectivity index (χ1v) is 7.95. The second-order valence-corrected chi connectivity index (χ2v) is 6.90. The molecule has 1 aromatic carbocycles. The van der Waals surface area contributed by atoms with Crippen LogP contribution in [0.25, 0.3) is 0 Å². The summed E-state index contributed by atoms with van der Waals surface area (Å²) in [7, 11) is 4.24. The van der Waals surface area contributed by atoms with Gasteiger partial charge in [0, 0.05) is 18.6 Å². The molecule has 4 heteroatoms. The molecule has 1 aromatic rings. The summed E-state index contributed by atoms with van der Waals surface area (Å²) < 4.78 is 13.8. The number of nitrogens with one attached hydrogen (secondary N) is 1. The molecule has 2 atom stereocenters. The van der Waals surface area contributed by atoms with E-state index >= 15 is 0 Å². The fraction of sp³-hybridized carbons (Fsp3) is 0.625. The minimum absolute atomic E-state index is 0.210. The third-order valence-corrected chi connectivity index (χ3v) is 4.18. The zero-order chi connectivity index (χ0) is 15.3. The number of hydrogen-bond donors (Lipinski definition) is 1. The molecule has 0 aliphatic heterocycles. The van der Waals surface area contributed by atoms with Crippen LogP contribution in [0.15, 0.2) is 22.7 Å². The second-order valence-electron chi connectivity index (χ2n) is 6.05. The highest BCUT2D eigenvalue weighted by Gasteiger charge is 2.15. The van der Waals surface area contributed by atoms with Gasteiger partial charge in [0.25, 0.3) is 0 Å². The van der Waals surface area contributed by atoms with Crippen LogP contribution in [-0.4, -0.2) is 31.6 Å². The standard InChI is InChI=1S/C16H26BrFN2/c1-11(2)8-14(20(4)5)10-19-12(3)13-6-7-16(18)15(17)9-13/h6-7,9,11-12,14,19H,8,10H2,1-5H3. The summed E-state index contributed by atoms with van der Waals surface area (Å²) in [6.45, 7) is 7.54. The molecule has 0 saturated carbocycles. The molecule has 0 fully saturated rings. The quantitative estimate of drug-likeness (QED) is 0.796. The van der Waals surface area contributed by atoms with Gasteiger partial charge in [0.15, 0.2) is 0 Å². The van der Waals surface area contributed by atoms with E-state index in [9.17, 15) is 4.39 Å². The van der Waals surface area contributed by atoms with Gasteiger partial charge in [-0.05, 0) is 67.0 Å². The van der Waals surface area contributed by atoms with E-state index in [1.54, 1.807) is 0 Å². The summed E-state index contributed by atoms with van der Waals surface area (Å²) in [4.78, 5) is 2.26.